The number of nitrogens with two attached hydrogens (primary N) is 1. The molecule has 4 rings (SSSR count). The van der Waals surface area contributed by atoms with Crippen LogP contribution in [0.3, 0.4) is 0 Å². The van der Waals surface area contributed by atoms with Crippen molar-refractivity contribution in [3.63, 3.8) is 0 Å². The second-order valence-corrected chi connectivity index (χ2v) is 8.06. The standard InChI is InChI=1S/C18H18N2O2S/c19-12-6-8-17-15(10-12)16-11-14(7-9-18(16)20-17)23(21,22)13-4-2-1-3-5-13/h1-5,7,9,11-12,20H,6,8,10,19H2/t12-/m0/s1. The summed E-state index contributed by atoms with van der Waals surface area (Å²) in [7, 11) is -3.49. The molecule has 4 nitrogen and oxygen atoms in total. The molecule has 0 aliphatic heterocycles. The van der Waals surface area contributed by atoms with Crippen molar-refractivity contribution >= 4 is 20.7 Å². The number of hydrogen-bond acceptors (Lipinski definition) is 3. The molecular formula is C18H18N2O2S. The average molecular weight is 326 g/mol. The van der Waals surface area contributed by atoms with Crippen molar-refractivity contribution in [2.45, 2.75) is 35.1 Å². The smallest absolute Gasteiger partial charge is 0.206 e. The molecule has 5 heteroatoms. The predicted octanol–water partition coefficient (Wildman–Crippen LogP) is 2.82. The highest BCUT2D eigenvalue weighted by Crippen LogP contribution is 2.31. The lowest BCUT2D eigenvalue weighted by Crippen LogP contribution is -2.27. The molecule has 0 radical (unpaired) electrons. The molecule has 0 bridgehead atoms. The molecule has 2 aromatic carbocycles. The fourth-order valence-electron chi connectivity index (χ4n) is 3.33. The summed E-state index contributed by atoms with van der Waals surface area (Å²) in [5.41, 5.74) is 9.43. The zero-order valence-electron chi connectivity index (χ0n) is 12.6. The number of aromatic nitrogens is 1. The highest BCUT2D eigenvalue weighted by atomic mass is 32.2. The van der Waals surface area contributed by atoms with Crippen LogP contribution in [0, 0.1) is 0 Å². The maximum Gasteiger partial charge on any atom is 0.206 e. The Morgan fingerprint density at radius 1 is 1.04 bits per heavy atom. The van der Waals surface area contributed by atoms with Gasteiger partial charge in [0.25, 0.3) is 0 Å². The number of nitrogens with one attached hydrogen (secondary N) is 1. The number of benzene rings is 2. The lowest BCUT2D eigenvalue weighted by Gasteiger charge is -2.18. The van der Waals surface area contributed by atoms with Gasteiger partial charge in [-0.25, -0.2) is 8.42 Å². The van der Waals surface area contributed by atoms with Crippen molar-refractivity contribution < 1.29 is 8.42 Å². The first-order valence-corrected chi connectivity index (χ1v) is 9.23. The molecule has 1 aromatic heterocycles. The monoisotopic (exact) mass is 326 g/mol. The van der Waals surface area contributed by atoms with Crippen molar-refractivity contribution in [1.29, 1.82) is 0 Å². The molecule has 1 aliphatic rings. The van der Waals surface area contributed by atoms with Crippen LogP contribution in [0.2, 0.25) is 0 Å². The van der Waals surface area contributed by atoms with E-state index in [2.05, 4.69) is 4.98 Å². The summed E-state index contributed by atoms with van der Waals surface area (Å²) in [6.45, 7) is 0. The minimum absolute atomic E-state index is 0.149. The number of fused-ring (bicyclic) bond motifs is 3. The van der Waals surface area contributed by atoms with Crippen molar-refractivity contribution in [1.82, 2.24) is 4.98 Å². The van der Waals surface area contributed by atoms with E-state index >= 15 is 0 Å². The minimum atomic E-state index is -3.49. The average Bonchev–Trinajstić information content (AvgIpc) is 2.93. The molecule has 1 aliphatic carbocycles. The Labute approximate surface area is 135 Å². The van der Waals surface area contributed by atoms with E-state index in [4.69, 9.17) is 5.73 Å². The summed E-state index contributed by atoms with van der Waals surface area (Å²) in [6, 6.07) is 14.0. The van der Waals surface area contributed by atoms with Crippen molar-refractivity contribution in [2.75, 3.05) is 0 Å². The quantitative estimate of drug-likeness (QED) is 0.760. The van der Waals surface area contributed by atoms with E-state index < -0.39 is 9.84 Å². The van der Waals surface area contributed by atoms with Gasteiger partial charge in [0.05, 0.1) is 9.79 Å². The number of rotatable bonds is 2. The predicted molar refractivity (Wildman–Crippen MR) is 90.2 cm³/mol. The van der Waals surface area contributed by atoms with E-state index in [0.29, 0.717) is 9.79 Å². The molecule has 0 saturated heterocycles. The van der Waals surface area contributed by atoms with Crippen LogP contribution in [0.25, 0.3) is 10.9 Å². The first kappa shape index (κ1) is 14.5. The van der Waals surface area contributed by atoms with Gasteiger partial charge in [-0.1, -0.05) is 18.2 Å². The minimum Gasteiger partial charge on any atom is -0.358 e. The van der Waals surface area contributed by atoms with E-state index in [0.717, 1.165) is 30.2 Å². The van der Waals surface area contributed by atoms with Crippen LogP contribution in [0.5, 0.6) is 0 Å². The van der Waals surface area contributed by atoms with Crippen molar-refractivity contribution in [3.05, 3.63) is 59.8 Å². The first-order valence-electron chi connectivity index (χ1n) is 7.75. The van der Waals surface area contributed by atoms with E-state index in [1.54, 1.807) is 36.4 Å². The largest absolute Gasteiger partial charge is 0.358 e. The summed E-state index contributed by atoms with van der Waals surface area (Å²) in [6.07, 6.45) is 2.69. The molecule has 1 heterocycles. The van der Waals surface area contributed by atoms with Gasteiger partial charge in [0.15, 0.2) is 0 Å². The van der Waals surface area contributed by atoms with Crippen LogP contribution < -0.4 is 5.73 Å². The highest BCUT2D eigenvalue weighted by molar-refractivity contribution is 7.91. The molecule has 0 saturated carbocycles. The molecule has 0 fully saturated rings. The summed E-state index contributed by atoms with van der Waals surface area (Å²) < 4.78 is 25.6. The van der Waals surface area contributed by atoms with Gasteiger partial charge in [-0.2, -0.15) is 0 Å². The van der Waals surface area contributed by atoms with Crippen LogP contribution in [-0.4, -0.2) is 19.4 Å². The normalized spacial score (nSPS) is 18.0. The van der Waals surface area contributed by atoms with E-state index in [1.807, 2.05) is 12.1 Å². The molecule has 118 valence electrons. The van der Waals surface area contributed by atoms with Gasteiger partial charge in [0, 0.05) is 22.6 Å². The maximum atomic E-state index is 12.8. The SMILES string of the molecule is N[C@H]1CCc2[nH]c3ccc(S(=O)(=O)c4ccccc4)cc3c2C1. The molecule has 0 amide bonds. The van der Waals surface area contributed by atoms with Gasteiger partial charge in [-0.3, -0.25) is 0 Å². The third kappa shape index (κ3) is 2.36. The lowest BCUT2D eigenvalue weighted by atomic mass is 9.92. The topological polar surface area (TPSA) is 76.0 Å². The van der Waals surface area contributed by atoms with Crippen LogP contribution >= 0.6 is 0 Å². The molecule has 23 heavy (non-hydrogen) atoms. The van der Waals surface area contributed by atoms with Gasteiger partial charge < -0.3 is 10.7 Å². The molecule has 3 N–H and O–H groups in total. The van der Waals surface area contributed by atoms with Gasteiger partial charge in [0.1, 0.15) is 0 Å². The Morgan fingerprint density at radius 2 is 1.83 bits per heavy atom. The van der Waals surface area contributed by atoms with Crippen molar-refractivity contribution in [2.24, 2.45) is 5.73 Å². The van der Waals surface area contributed by atoms with E-state index in [9.17, 15) is 8.42 Å². The zero-order chi connectivity index (χ0) is 16.0. The first-order chi connectivity index (χ1) is 11.1. The van der Waals surface area contributed by atoms with Gasteiger partial charge in [-0.15, -0.1) is 0 Å². The fraction of sp³-hybridized carbons (Fsp3) is 0.222. The van der Waals surface area contributed by atoms with E-state index in [1.165, 1.54) is 11.3 Å². The number of H-pyrrole nitrogens is 1. The van der Waals surface area contributed by atoms with Crippen LogP contribution in [0.1, 0.15) is 17.7 Å². The molecule has 3 aromatic rings. The number of aromatic amines is 1. The molecular weight excluding hydrogens is 308 g/mol. The Balaban J connectivity index is 1.88. The Hall–Kier alpha value is -2.11. The third-order valence-electron chi connectivity index (χ3n) is 4.56. The van der Waals surface area contributed by atoms with Crippen LogP contribution in [-0.2, 0) is 22.7 Å². The Morgan fingerprint density at radius 3 is 2.61 bits per heavy atom. The molecule has 0 spiro atoms. The molecule has 1 atom stereocenters. The second-order valence-electron chi connectivity index (χ2n) is 6.11. The Bertz CT molecular complexity index is 975. The third-order valence-corrected chi connectivity index (χ3v) is 6.33. The fourth-order valence-corrected chi connectivity index (χ4v) is 4.63. The Kier molecular flexibility index (Phi) is 3.28. The summed E-state index contributed by atoms with van der Waals surface area (Å²) in [4.78, 5) is 4.06. The van der Waals surface area contributed by atoms with Crippen LogP contribution in [0.4, 0.5) is 0 Å². The van der Waals surface area contributed by atoms with Crippen LogP contribution in [0.15, 0.2) is 58.3 Å². The van der Waals surface area contributed by atoms with Gasteiger partial charge in [-0.05, 0) is 55.2 Å². The van der Waals surface area contributed by atoms with Crippen molar-refractivity contribution in [3.8, 4) is 0 Å². The molecule has 0 unspecified atom stereocenters. The number of aryl methyl sites for hydroxylation is 1. The van der Waals surface area contributed by atoms with Gasteiger partial charge in [0.2, 0.25) is 9.84 Å². The summed E-state index contributed by atoms with van der Waals surface area (Å²) in [5, 5.41) is 0.979. The van der Waals surface area contributed by atoms with Gasteiger partial charge >= 0.3 is 0 Å². The lowest BCUT2D eigenvalue weighted by molar-refractivity contribution is 0.574. The zero-order valence-corrected chi connectivity index (χ0v) is 13.4. The number of hydrogen-bond donors (Lipinski definition) is 2. The highest BCUT2D eigenvalue weighted by Gasteiger charge is 2.23. The van der Waals surface area contributed by atoms with E-state index in [-0.39, 0.29) is 6.04 Å². The maximum absolute atomic E-state index is 12.8. The number of sulfone groups is 1. The summed E-state index contributed by atoms with van der Waals surface area (Å²) >= 11 is 0. The second kappa shape index (κ2) is 5.22. The summed E-state index contributed by atoms with van der Waals surface area (Å²) in [5.74, 6) is 0.